The van der Waals surface area contributed by atoms with Crippen LogP contribution >= 0.6 is 31.9 Å². The predicted molar refractivity (Wildman–Crippen MR) is 161 cm³/mol. The van der Waals surface area contributed by atoms with Gasteiger partial charge in [-0.05, 0) is 63.9 Å². The fourth-order valence-electron chi connectivity index (χ4n) is 6.41. The van der Waals surface area contributed by atoms with Crippen molar-refractivity contribution in [3.63, 3.8) is 0 Å². The van der Waals surface area contributed by atoms with E-state index in [-0.39, 0.29) is 41.0 Å². The Kier molecular flexibility index (Phi) is 7.73. The highest BCUT2D eigenvalue weighted by atomic mass is 79.9. The molecule has 0 saturated heterocycles. The number of carbonyl (C=O) groups is 2. The minimum atomic E-state index is -4.79. The quantitative estimate of drug-likeness (QED) is 0.231. The molecule has 3 aliphatic rings. The number of carbonyl (C=O) groups excluding carboxylic acids is 2. The van der Waals surface area contributed by atoms with Crippen molar-refractivity contribution in [3.8, 4) is 11.5 Å². The first-order chi connectivity index (χ1) is 19.8. The van der Waals surface area contributed by atoms with Crippen LogP contribution in [0, 0.1) is 20.9 Å². The molecule has 0 radical (unpaired) electrons. The minimum Gasteiger partial charge on any atom is -0.449 e. The first-order valence-corrected chi connectivity index (χ1v) is 15.2. The van der Waals surface area contributed by atoms with E-state index in [0.29, 0.717) is 50.6 Å². The summed E-state index contributed by atoms with van der Waals surface area (Å²) in [5, 5.41) is 11.9. The van der Waals surface area contributed by atoms with Gasteiger partial charge >= 0.3 is 11.9 Å². The van der Waals surface area contributed by atoms with Crippen LogP contribution < -0.4 is 4.74 Å². The summed E-state index contributed by atoms with van der Waals surface area (Å²) in [6.07, 6.45) is -3.11. The number of hydrogen-bond acceptors (Lipinski definition) is 6. The molecule has 0 unspecified atom stereocenters. The number of allylic oxidation sites excluding steroid dienone is 4. The SMILES string of the molecule is CN1C2=C(C(=O)CC(C)(C)C2)C(c2cc(Br)cc(Br)c2Oc2ccc(C(F)(F)F)cc2[N+](=O)[O-])C2=C1CC(C)(C)CC2=O. The molecule has 0 spiro atoms. The second-order valence-electron chi connectivity index (χ2n) is 12.9. The Labute approximate surface area is 263 Å². The van der Waals surface area contributed by atoms with Crippen LogP contribution in [0.3, 0.4) is 0 Å². The van der Waals surface area contributed by atoms with Gasteiger partial charge in [-0.25, -0.2) is 0 Å². The molecule has 0 aromatic heterocycles. The number of nitro benzene ring substituents is 1. The Morgan fingerprint density at radius 1 is 0.930 bits per heavy atom. The molecule has 7 nitrogen and oxygen atoms in total. The maximum Gasteiger partial charge on any atom is 0.416 e. The molecular formula is C31H29Br2F3N2O5. The number of ether oxygens (including phenoxy) is 1. The standard InChI is InChI=1S/C31H29Br2F3N2O5/c1-29(2)11-20-26(22(39)13-29)25(27-21(37(20)5)12-30(3,4)14-23(27)40)17-9-16(32)10-18(33)28(17)43-24-7-6-15(31(34,35)36)8-19(24)38(41)42/h6-10,25H,11-14H2,1-5H3. The van der Waals surface area contributed by atoms with Crippen LogP contribution in [0.25, 0.3) is 0 Å². The molecule has 228 valence electrons. The van der Waals surface area contributed by atoms with Gasteiger partial charge in [-0.1, -0.05) is 43.6 Å². The first kappa shape index (κ1) is 31.4. The Balaban J connectivity index is 1.77. The Hall–Kier alpha value is -2.99. The lowest BCUT2D eigenvalue weighted by molar-refractivity contribution is -0.385. The van der Waals surface area contributed by atoms with Gasteiger partial charge in [-0.3, -0.25) is 19.7 Å². The number of benzene rings is 2. The van der Waals surface area contributed by atoms with Gasteiger partial charge in [0.05, 0.1) is 15.0 Å². The second kappa shape index (κ2) is 10.6. The molecule has 12 heteroatoms. The number of rotatable bonds is 4. The molecule has 0 saturated carbocycles. The largest absolute Gasteiger partial charge is 0.449 e. The minimum absolute atomic E-state index is 0.0644. The molecule has 0 amide bonds. The molecule has 2 aromatic rings. The van der Waals surface area contributed by atoms with Crippen molar-refractivity contribution in [1.82, 2.24) is 4.90 Å². The van der Waals surface area contributed by atoms with Gasteiger partial charge in [-0.2, -0.15) is 13.2 Å². The van der Waals surface area contributed by atoms with Crippen molar-refractivity contribution in [2.45, 2.75) is 65.5 Å². The van der Waals surface area contributed by atoms with E-state index in [1.54, 1.807) is 12.1 Å². The van der Waals surface area contributed by atoms with Gasteiger partial charge in [0.2, 0.25) is 5.75 Å². The molecule has 2 aliphatic carbocycles. The van der Waals surface area contributed by atoms with Crippen LogP contribution in [-0.4, -0.2) is 28.4 Å². The maximum absolute atomic E-state index is 13.9. The number of alkyl halides is 3. The van der Waals surface area contributed by atoms with Gasteiger partial charge in [0.1, 0.15) is 5.75 Å². The smallest absolute Gasteiger partial charge is 0.416 e. The van der Waals surface area contributed by atoms with E-state index in [4.69, 9.17) is 4.74 Å². The fourth-order valence-corrected chi connectivity index (χ4v) is 7.75. The van der Waals surface area contributed by atoms with Crippen molar-refractivity contribution in [2.24, 2.45) is 10.8 Å². The second-order valence-corrected chi connectivity index (χ2v) is 14.7. The zero-order valence-corrected chi connectivity index (χ0v) is 27.3. The summed E-state index contributed by atoms with van der Waals surface area (Å²) in [7, 11) is 1.88. The maximum atomic E-state index is 13.9. The van der Waals surface area contributed by atoms with E-state index in [1.165, 1.54) is 0 Å². The van der Waals surface area contributed by atoms with Crippen LogP contribution in [-0.2, 0) is 15.8 Å². The Bertz CT molecular complexity index is 1610. The lowest BCUT2D eigenvalue weighted by Gasteiger charge is -2.48. The summed E-state index contributed by atoms with van der Waals surface area (Å²) in [4.78, 5) is 40.7. The van der Waals surface area contributed by atoms with Crippen LogP contribution in [0.4, 0.5) is 18.9 Å². The van der Waals surface area contributed by atoms with E-state index in [0.717, 1.165) is 17.5 Å². The van der Waals surface area contributed by atoms with E-state index in [1.807, 2.05) is 39.6 Å². The third-order valence-electron chi connectivity index (χ3n) is 8.22. The summed E-state index contributed by atoms with van der Waals surface area (Å²) in [6, 6.07) is 5.38. The van der Waals surface area contributed by atoms with Gasteiger partial charge in [0.15, 0.2) is 11.6 Å². The zero-order chi connectivity index (χ0) is 31.8. The van der Waals surface area contributed by atoms with Crippen molar-refractivity contribution in [3.05, 3.63) is 83.1 Å². The highest BCUT2D eigenvalue weighted by Crippen LogP contribution is 2.56. The zero-order valence-electron chi connectivity index (χ0n) is 24.1. The van der Waals surface area contributed by atoms with E-state index >= 15 is 0 Å². The molecule has 2 aromatic carbocycles. The van der Waals surface area contributed by atoms with Crippen LogP contribution in [0.2, 0.25) is 0 Å². The van der Waals surface area contributed by atoms with Crippen molar-refractivity contribution in [2.75, 3.05) is 7.05 Å². The number of ketones is 2. The summed E-state index contributed by atoms with van der Waals surface area (Å²) in [5.41, 5.74) is 0.228. The predicted octanol–water partition coefficient (Wildman–Crippen LogP) is 9.25. The van der Waals surface area contributed by atoms with Crippen molar-refractivity contribution in [1.29, 1.82) is 0 Å². The number of Topliss-reactive ketones (excluding diaryl/α,β-unsaturated/α-hetero) is 2. The van der Waals surface area contributed by atoms with Crippen LogP contribution in [0.1, 0.15) is 70.4 Å². The average Bonchev–Trinajstić information content (AvgIpc) is 2.85. The van der Waals surface area contributed by atoms with E-state index in [2.05, 4.69) is 31.9 Å². The lowest BCUT2D eigenvalue weighted by Crippen LogP contribution is -2.43. The van der Waals surface area contributed by atoms with E-state index < -0.39 is 34.0 Å². The molecule has 1 aliphatic heterocycles. The molecular weight excluding hydrogens is 697 g/mol. The third kappa shape index (κ3) is 5.80. The Morgan fingerprint density at radius 3 is 1.95 bits per heavy atom. The highest BCUT2D eigenvalue weighted by molar-refractivity contribution is 9.11. The van der Waals surface area contributed by atoms with E-state index in [9.17, 15) is 32.9 Å². The van der Waals surface area contributed by atoms with Gasteiger partial charge in [0, 0.05) is 64.5 Å². The molecule has 0 fully saturated rings. The van der Waals surface area contributed by atoms with Crippen LogP contribution in [0.15, 0.2) is 61.8 Å². The number of hydrogen-bond donors (Lipinski definition) is 0. The third-order valence-corrected chi connectivity index (χ3v) is 9.27. The van der Waals surface area contributed by atoms with Gasteiger partial charge < -0.3 is 9.64 Å². The summed E-state index contributed by atoms with van der Waals surface area (Å²) >= 11 is 6.96. The fraction of sp³-hybridized carbons (Fsp3) is 0.419. The molecule has 0 N–H and O–H groups in total. The van der Waals surface area contributed by atoms with Crippen LogP contribution in [0.5, 0.6) is 11.5 Å². The number of nitrogens with zero attached hydrogens (tertiary/aromatic N) is 2. The number of nitro groups is 1. The highest BCUT2D eigenvalue weighted by Gasteiger charge is 2.49. The van der Waals surface area contributed by atoms with Gasteiger partial charge in [0.25, 0.3) is 0 Å². The van der Waals surface area contributed by atoms with Crippen molar-refractivity contribution < 1.29 is 32.4 Å². The number of halogens is 5. The van der Waals surface area contributed by atoms with Crippen molar-refractivity contribution >= 4 is 49.1 Å². The normalized spacial score (nSPS) is 20.3. The summed E-state index contributed by atoms with van der Waals surface area (Å²) in [6.45, 7) is 8.08. The Morgan fingerprint density at radius 2 is 1.47 bits per heavy atom. The first-order valence-electron chi connectivity index (χ1n) is 13.6. The molecule has 1 heterocycles. The monoisotopic (exact) mass is 724 g/mol. The molecule has 0 bridgehead atoms. The average molecular weight is 726 g/mol. The van der Waals surface area contributed by atoms with Gasteiger partial charge in [-0.15, -0.1) is 0 Å². The molecule has 43 heavy (non-hydrogen) atoms. The molecule has 0 atom stereocenters. The summed E-state index contributed by atoms with van der Waals surface area (Å²) in [5.74, 6) is -1.42. The summed E-state index contributed by atoms with van der Waals surface area (Å²) < 4.78 is 47.1. The topological polar surface area (TPSA) is 89.8 Å². The molecule has 5 rings (SSSR count). The lowest BCUT2D eigenvalue weighted by atomic mass is 9.63.